The lowest BCUT2D eigenvalue weighted by molar-refractivity contribution is -0.385. The van der Waals surface area contributed by atoms with Crippen molar-refractivity contribution in [2.75, 3.05) is 13.4 Å². The molecule has 2 aromatic rings. The highest BCUT2D eigenvalue weighted by molar-refractivity contribution is 9.10. The van der Waals surface area contributed by atoms with Crippen LogP contribution in [0.25, 0.3) is 0 Å². The quantitative estimate of drug-likeness (QED) is 0.370. The second-order valence-corrected chi connectivity index (χ2v) is 6.39. The molecule has 1 aliphatic rings. The normalized spacial score (nSPS) is 12.0. The Labute approximate surface area is 170 Å². The van der Waals surface area contributed by atoms with E-state index in [0.717, 1.165) is 6.21 Å². The number of halogens is 1. The molecule has 1 N–H and O–H groups in total. The lowest BCUT2D eigenvalue weighted by atomic mass is 10.1. The number of carbonyl (C=O) groups excluding carboxylic acids is 1. The average molecular weight is 467 g/mol. The molecule has 1 aliphatic heterocycles. The molecular weight excluding hydrogens is 456 g/mol. The summed E-state index contributed by atoms with van der Waals surface area (Å²) in [6.45, 7) is -0.605. The van der Waals surface area contributed by atoms with Crippen molar-refractivity contribution in [1.82, 2.24) is 5.43 Å². The van der Waals surface area contributed by atoms with Crippen LogP contribution in [0.5, 0.6) is 17.2 Å². The Balaban J connectivity index is 1.64. The van der Waals surface area contributed by atoms with Gasteiger partial charge in [0.15, 0.2) is 23.9 Å². The van der Waals surface area contributed by atoms with Crippen molar-refractivity contribution in [3.8, 4) is 17.2 Å². The van der Waals surface area contributed by atoms with Crippen LogP contribution in [0, 0.1) is 20.2 Å². The van der Waals surface area contributed by atoms with Crippen LogP contribution in [0.1, 0.15) is 5.56 Å². The van der Waals surface area contributed by atoms with Crippen molar-refractivity contribution in [2.45, 2.75) is 0 Å². The average Bonchev–Trinajstić information content (AvgIpc) is 3.13. The maximum Gasteiger partial charge on any atom is 0.312 e. The highest BCUT2D eigenvalue weighted by atomic mass is 79.9. The Morgan fingerprint density at radius 3 is 2.55 bits per heavy atom. The number of fused-ring (bicyclic) bond motifs is 1. The lowest BCUT2D eigenvalue weighted by Gasteiger charge is -2.06. The third-order valence-corrected chi connectivity index (χ3v) is 4.08. The number of amides is 1. The van der Waals surface area contributed by atoms with Gasteiger partial charge in [-0.15, -0.1) is 0 Å². The van der Waals surface area contributed by atoms with E-state index < -0.39 is 22.4 Å². The van der Waals surface area contributed by atoms with E-state index in [1.54, 1.807) is 0 Å². The highest BCUT2D eigenvalue weighted by Crippen LogP contribution is 2.37. The Morgan fingerprint density at radius 2 is 1.86 bits per heavy atom. The molecule has 3 rings (SSSR count). The van der Waals surface area contributed by atoms with Crippen LogP contribution in [0.15, 0.2) is 39.9 Å². The van der Waals surface area contributed by atoms with Gasteiger partial charge in [0, 0.05) is 10.5 Å². The zero-order chi connectivity index (χ0) is 21.0. The van der Waals surface area contributed by atoms with Gasteiger partial charge in [-0.05, 0) is 18.2 Å². The summed E-state index contributed by atoms with van der Waals surface area (Å²) >= 11 is 3.11. The topological polar surface area (TPSA) is 155 Å². The van der Waals surface area contributed by atoms with Gasteiger partial charge < -0.3 is 14.2 Å². The van der Waals surface area contributed by atoms with Gasteiger partial charge in [0.05, 0.1) is 27.7 Å². The van der Waals surface area contributed by atoms with Gasteiger partial charge in [0.1, 0.15) is 0 Å². The van der Waals surface area contributed by atoms with Crippen LogP contribution in [-0.2, 0) is 4.79 Å². The Hall–Kier alpha value is -3.74. The van der Waals surface area contributed by atoms with E-state index >= 15 is 0 Å². The molecule has 0 saturated carbocycles. The summed E-state index contributed by atoms with van der Waals surface area (Å²) in [5.74, 6) is -0.262. The van der Waals surface area contributed by atoms with E-state index in [0.29, 0.717) is 10.2 Å². The molecule has 29 heavy (non-hydrogen) atoms. The van der Waals surface area contributed by atoms with Crippen LogP contribution < -0.4 is 19.6 Å². The zero-order valence-electron chi connectivity index (χ0n) is 14.4. The molecule has 0 aliphatic carbocycles. The third kappa shape index (κ3) is 4.76. The van der Waals surface area contributed by atoms with Gasteiger partial charge in [-0.25, -0.2) is 5.43 Å². The molecule has 0 bridgehead atoms. The van der Waals surface area contributed by atoms with E-state index in [2.05, 4.69) is 26.5 Å². The van der Waals surface area contributed by atoms with Gasteiger partial charge in [0.2, 0.25) is 6.79 Å². The Kier molecular flexibility index (Phi) is 5.87. The van der Waals surface area contributed by atoms with Crippen molar-refractivity contribution in [1.29, 1.82) is 0 Å². The molecule has 0 atom stereocenters. The predicted octanol–water partition coefficient (Wildman–Crippen LogP) is 2.52. The number of ether oxygens (including phenoxy) is 3. The fourth-order valence-electron chi connectivity index (χ4n) is 2.31. The molecule has 0 saturated heterocycles. The van der Waals surface area contributed by atoms with E-state index in [-0.39, 0.29) is 35.2 Å². The maximum absolute atomic E-state index is 11.9. The number of hydrogen-bond acceptors (Lipinski definition) is 9. The molecule has 0 unspecified atom stereocenters. The number of nitrogens with one attached hydrogen (secondary N) is 1. The van der Waals surface area contributed by atoms with Crippen molar-refractivity contribution in [3.63, 3.8) is 0 Å². The molecule has 0 aromatic heterocycles. The van der Waals surface area contributed by atoms with Gasteiger partial charge in [-0.2, -0.15) is 5.10 Å². The second kappa shape index (κ2) is 8.52. The summed E-state index contributed by atoms with van der Waals surface area (Å²) < 4.78 is 15.9. The zero-order valence-corrected chi connectivity index (χ0v) is 15.9. The predicted molar refractivity (Wildman–Crippen MR) is 101 cm³/mol. The SMILES string of the molecule is O=C(COc1ccc(Br)cc1[N+](=O)[O-])NN=Cc1cc2c(cc1[N+](=O)[O-])OCO2. The summed E-state index contributed by atoms with van der Waals surface area (Å²) in [7, 11) is 0. The third-order valence-electron chi connectivity index (χ3n) is 3.59. The number of nitro benzene ring substituents is 2. The Morgan fingerprint density at radius 1 is 1.17 bits per heavy atom. The number of carbonyl (C=O) groups is 1. The molecule has 150 valence electrons. The lowest BCUT2D eigenvalue weighted by Crippen LogP contribution is -2.24. The first kappa shape index (κ1) is 20.0. The summed E-state index contributed by atoms with van der Waals surface area (Å²) in [5, 5.41) is 25.8. The largest absolute Gasteiger partial charge is 0.477 e. The smallest absolute Gasteiger partial charge is 0.312 e. The molecule has 13 heteroatoms. The van der Waals surface area contributed by atoms with Gasteiger partial charge in [0.25, 0.3) is 11.6 Å². The number of hydrogen-bond donors (Lipinski definition) is 1. The minimum atomic E-state index is -0.720. The summed E-state index contributed by atoms with van der Waals surface area (Å²) in [6.07, 6.45) is 1.07. The number of nitro groups is 2. The van der Waals surface area contributed by atoms with E-state index in [1.165, 1.54) is 30.3 Å². The summed E-state index contributed by atoms with van der Waals surface area (Å²) in [4.78, 5) is 32.8. The number of benzene rings is 2. The van der Waals surface area contributed by atoms with E-state index in [1.807, 2.05) is 0 Å². The minimum absolute atomic E-state index is 0.0522. The first-order chi connectivity index (χ1) is 13.8. The molecule has 1 heterocycles. The number of rotatable bonds is 7. The monoisotopic (exact) mass is 466 g/mol. The van der Waals surface area contributed by atoms with Crippen LogP contribution >= 0.6 is 15.9 Å². The number of nitrogens with zero attached hydrogens (tertiary/aromatic N) is 3. The molecule has 1 amide bonds. The second-order valence-electron chi connectivity index (χ2n) is 5.47. The van der Waals surface area contributed by atoms with Crippen molar-refractivity contribution in [2.24, 2.45) is 5.10 Å². The van der Waals surface area contributed by atoms with Crippen LogP contribution in [0.4, 0.5) is 11.4 Å². The molecule has 2 aromatic carbocycles. The maximum atomic E-state index is 11.9. The standard InChI is InChI=1S/C16H11BrN4O8/c17-10-1-2-13(12(4-10)21(25)26)27-7-16(22)19-18-6-9-3-14-15(29-8-28-14)5-11(9)20(23)24/h1-6H,7-8H2,(H,19,22). The van der Waals surface area contributed by atoms with Crippen LogP contribution in [0.2, 0.25) is 0 Å². The van der Waals surface area contributed by atoms with Gasteiger partial charge in [-0.1, -0.05) is 15.9 Å². The number of hydrazone groups is 1. The fourth-order valence-corrected chi connectivity index (χ4v) is 2.66. The van der Waals surface area contributed by atoms with Crippen LogP contribution in [0.3, 0.4) is 0 Å². The van der Waals surface area contributed by atoms with E-state index in [9.17, 15) is 25.0 Å². The summed E-state index contributed by atoms with van der Waals surface area (Å²) in [6, 6.07) is 6.66. The molecule has 12 nitrogen and oxygen atoms in total. The first-order valence-electron chi connectivity index (χ1n) is 7.82. The fraction of sp³-hybridized carbons (Fsp3) is 0.125. The minimum Gasteiger partial charge on any atom is -0.477 e. The summed E-state index contributed by atoms with van der Waals surface area (Å²) in [5.41, 5.74) is 1.62. The molecule has 0 radical (unpaired) electrons. The molecular formula is C16H11BrN4O8. The Bertz CT molecular complexity index is 1030. The van der Waals surface area contributed by atoms with Crippen molar-refractivity contribution < 1.29 is 28.9 Å². The van der Waals surface area contributed by atoms with Crippen molar-refractivity contribution >= 4 is 39.4 Å². The highest BCUT2D eigenvalue weighted by Gasteiger charge is 2.22. The van der Waals surface area contributed by atoms with Crippen LogP contribution in [-0.4, -0.2) is 35.4 Å². The first-order valence-corrected chi connectivity index (χ1v) is 8.61. The van der Waals surface area contributed by atoms with E-state index in [4.69, 9.17) is 14.2 Å². The molecule has 0 spiro atoms. The van der Waals surface area contributed by atoms with Crippen molar-refractivity contribution in [3.05, 3.63) is 60.6 Å². The molecule has 0 fully saturated rings. The van der Waals surface area contributed by atoms with Gasteiger partial charge >= 0.3 is 5.69 Å². The van der Waals surface area contributed by atoms with Gasteiger partial charge in [-0.3, -0.25) is 25.0 Å².